The number of carbonyl (C=O) groups excluding carboxylic acids is 8. The average molecular weight is 985 g/mol. The molecule has 3 heterocycles. The maximum Gasteiger partial charge on any atom is 0.326 e. The summed E-state index contributed by atoms with van der Waals surface area (Å²) in [6, 6.07) is 26.6. The van der Waals surface area contributed by atoms with Gasteiger partial charge in [-0.1, -0.05) is 109 Å². The fraction of sp³-hybridized carbons (Fsp3) is 0.275. The van der Waals surface area contributed by atoms with E-state index < -0.39 is 95.8 Å². The number of rotatable bonds is 13. The van der Waals surface area contributed by atoms with E-state index in [0.29, 0.717) is 27.1 Å². The molecule has 0 saturated carbocycles. The van der Waals surface area contributed by atoms with Crippen LogP contribution in [0.1, 0.15) is 41.0 Å². The molecule has 2 bridgehead atoms. The van der Waals surface area contributed by atoms with Crippen LogP contribution in [0.3, 0.4) is 0 Å². The minimum absolute atomic E-state index is 0.0836. The van der Waals surface area contributed by atoms with E-state index >= 15 is 0 Å². The summed E-state index contributed by atoms with van der Waals surface area (Å²) >= 11 is 1.26. The smallest absolute Gasteiger partial charge is 0.326 e. The molecule has 0 spiro atoms. The van der Waals surface area contributed by atoms with E-state index in [9.17, 15) is 48.3 Å². The molecule has 7 atom stereocenters. The second kappa shape index (κ2) is 24.9. The Morgan fingerprint density at radius 2 is 1.13 bits per heavy atom. The lowest BCUT2D eigenvalue weighted by atomic mass is 9.93. The largest absolute Gasteiger partial charge is 0.480 e. The highest BCUT2D eigenvalue weighted by Gasteiger charge is 2.42. The lowest BCUT2D eigenvalue weighted by Crippen LogP contribution is -2.61. The van der Waals surface area contributed by atoms with Gasteiger partial charge in [-0.05, 0) is 45.8 Å². The first-order valence-electron chi connectivity index (χ1n) is 22.7. The fourth-order valence-corrected chi connectivity index (χ4v) is 8.46. The molecule has 71 heavy (non-hydrogen) atoms. The highest BCUT2D eigenvalue weighted by molar-refractivity contribution is 7.09. The van der Waals surface area contributed by atoms with E-state index in [1.807, 2.05) is 20.0 Å². The second-order valence-electron chi connectivity index (χ2n) is 16.9. The first-order chi connectivity index (χ1) is 34.0. The van der Waals surface area contributed by atoms with Crippen LogP contribution in [0, 0.1) is 0 Å². The molecule has 7 rings (SSSR count). The molecule has 5 aromatic rings. The molecule has 20 heteroatoms. The van der Waals surface area contributed by atoms with Crippen LogP contribution < -0.4 is 37.4 Å². The SMILES string of the molecule is Bc1ccc(C[C@H]2NC(=O)[C@H](Cc3cccs3)NC(=O)[C@H](OC(C)=O)[C@@H](OC(C)=O)C(=O)Nc3ccc(cc3)C[C@H](C(=O)N[C@@H](Cc3ccccc3)C(=O)O)NC(=O)[C@H](Cc3ccccc3)NC2=O)cc1. The normalized spacial score (nSPS) is 20.6. The van der Waals surface area contributed by atoms with Crippen LogP contribution in [0.15, 0.2) is 127 Å². The summed E-state index contributed by atoms with van der Waals surface area (Å²) in [6.45, 7) is 1.95. The number of hydrogen-bond acceptors (Lipinski definition) is 12. The molecular weight excluding hydrogens is 931 g/mol. The highest BCUT2D eigenvalue weighted by Crippen LogP contribution is 2.18. The Balaban J connectivity index is 1.44. The van der Waals surface area contributed by atoms with Gasteiger partial charge in [-0.3, -0.25) is 38.4 Å². The Hall–Kier alpha value is -8.13. The van der Waals surface area contributed by atoms with Gasteiger partial charge >= 0.3 is 17.9 Å². The molecule has 0 fully saturated rings. The summed E-state index contributed by atoms with van der Waals surface area (Å²) < 4.78 is 10.6. The van der Waals surface area contributed by atoms with Crippen molar-refractivity contribution in [2.75, 3.05) is 5.32 Å². The van der Waals surface area contributed by atoms with Crippen molar-refractivity contribution in [2.24, 2.45) is 0 Å². The fourth-order valence-electron chi connectivity index (χ4n) is 7.71. The Morgan fingerprint density at radius 3 is 1.66 bits per heavy atom. The molecule has 0 aliphatic carbocycles. The topological polar surface area (TPSA) is 264 Å². The third-order valence-corrected chi connectivity index (χ3v) is 12.2. The van der Waals surface area contributed by atoms with Crippen molar-refractivity contribution in [3.63, 3.8) is 0 Å². The number of ether oxygens (including phenoxy) is 2. The third-order valence-electron chi connectivity index (χ3n) is 11.3. The summed E-state index contributed by atoms with van der Waals surface area (Å²) in [5.41, 5.74) is 3.29. The van der Waals surface area contributed by atoms with Crippen LogP contribution in [0.25, 0.3) is 0 Å². The quantitative estimate of drug-likeness (QED) is 0.0492. The first kappa shape index (κ1) is 52.3. The minimum Gasteiger partial charge on any atom is -0.480 e. The van der Waals surface area contributed by atoms with Crippen LogP contribution in [-0.4, -0.2) is 109 Å². The third kappa shape index (κ3) is 15.7. The van der Waals surface area contributed by atoms with Gasteiger partial charge in [-0.25, -0.2) is 4.79 Å². The van der Waals surface area contributed by atoms with Crippen LogP contribution in [0.2, 0.25) is 0 Å². The predicted molar refractivity (Wildman–Crippen MR) is 264 cm³/mol. The number of hydrogen-bond donors (Lipinski definition) is 7. The number of thiophene rings is 1. The molecule has 4 aromatic carbocycles. The van der Waals surface area contributed by atoms with Crippen molar-refractivity contribution < 1.29 is 57.7 Å². The number of carbonyl (C=O) groups is 9. The van der Waals surface area contributed by atoms with Crippen LogP contribution >= 0.6 is 11.3 Å². The Labute approximate surface area is 414 Å². The molecule has 1 aromatic heterocycles. The lowest BCUT2D eigenvalue weighted by Gasteiger charge is -2.28. The second-order valence-corrected chi connectivity index (χ2v) is 18.0. The monoisotopic (exact) mass is 984 g/mol. The van der Waals surface area contributed by atoms with E-state index in [1.54, 1.807) is 90.3 Å². The minimum atomic E-state index is -2.12. The molecule has 2 aliphatic rings. The highest BCUT2D eigenvalue weighted by atomic mass is 32.1. The number of amides is 6. The molecule has 0 saturated heterocycles. The molecule has 368 valence electrons. The molecule has 6 amide bonds. The van der Waals surface area contributed by atoms with Crippen LogP contribution in [0.4, 0.5) is 5.69 Å². The first-order valence-corrected chi connectivity index (χ1v) is 23.5. The predicted octanol–water partition coefficient (Wildman–Crippen LogP) is 0.844. The van der Waals surface area contributed by atoms with Gasteiger partial charge in [-0.15, -0.1) is 11.3 Å². The summed E-state index contributed by atoms with van der Waals surface area (Å²) in [5, 5.41) is 27.9. The average Bonchev–Trinajstić information content (AvgIpc) is 3.86. The van der Waals surface area contributed by atoms with Gasteiger partial charge in [0.15, 0.2) is 0 Å². The number of fused-ring (bicyclic) bond motifs is 18. The Morgan fingerprint density at radius 1 is 0.620 bits per heavy atom. The van der Waals surface area contributed by atoms with Gasteiger partial charge in [0, 0.05) is 56.5 Å². The Kier molecular flexibility index (Phi) is 18.4. The van der Waals surface area contributed by atoms with Crippen molar-refractivity contribution in [2.45, 2.75) is 88.4 Å². The molecule has 0 radical (unpaired) electrons. The number of nitrogens with one attached hydrogen (secondary N) is 6. The van der Waals surface area contributed by atoms with Crippen molar-refractivity contribution in [1.29, 1.82) is 0 Å². The van der Waals surface area contributed by atoms with Crippen molar-refractivity contribution in [3.8, 4) is 0 Å². The summed E-state index contributed by atoms with van der Waals surface area (Å²) in [7, 11) is 1.87. The van der Waals surface area contributed by atoms with E-state index in [4.69, 9.17) is 9.47 Å². The number of esters is 2. The zero-order valence-corrected chi connectivity index (χ0v) is 39.9. The standard InChI is InChI=1S/C51H53BN6O12S/c1-29(59)69-43-44(70-30(2)60)50(66)57-41(28-37-14-9-23-71-37)48(64)56-39(25-33-15-19-35(52)20-16-33)46(62)54-38(24-31-10-5-3-6-11-31)45(61)55-40(26-34-17-21-36(22-18-34)53-49(43)65)47(63)58-42(51(67)68)27-32-12-7-4-8-13-32/h3-23,38-44H,24-28,52H2,1-2H3,(H,53,65)(H,54,62)(H,55,61)(H,56,64)(H,57,66)(H,58,63)(H,67,68)/t38-,39+,40+,41-,42-,43+,44+/m0/s1. The molecule has 0 unspecified atom stereocenters. The lowest BCUT2D eigenvalue weighted by molar-refractivity contribution is -0.173. The van der Waals surface area contributed by atoms with Gasteiger partial charge in [-0.2, -0.15) is 0 Å². The van der Waals surface area contributed by atoms with E-state index in [-0.39, 0.29) is 37.8 Å². The number of aliphatic carboxylic acids is 1. The zero-order valence-electron chi connectivity index (χ0n) is 39.0. The maximum atomic E-state index is 14.7. The zero-order chi connectivity index (χ0) is 51.0. The van der Waals surface area contributed by atoms with Crippen LogP contribution in [-0.2, 0) is 84.7 Å². The number of benzene rings is 4. The summed E-state index contributed by atoms with van der Waals surface area (Å²) in [6.07, 6.45) is -4.86. The van der Waals surface area contributed by atoms with E-state index in [2.05, 4.69) is 31.9 Å². The summed E-state index contributed by atoms with van der Waals surface area (Å²) in [5.74, 6) is -9.03. The van der Waals surface area contributed by atoms with Gasteiger partial charge in [0.2, 0.25) is 35.8 Å². The van der Waals surface area contributed by atoms with Gasteiger partial charge in [0.25, 0.3) is 11.8 Å². The summed E-state index contributed by atoms with van der Waals surface area (Å²) in [4.78, 5) is 125. The number of anilines is 1. The van der Waals surface area contributed by atoms with E-state index in [1.165, 1.54) is 35.6 Å². The van der Waals surface area contributed by atoms with Gasteiger partial charge in [0.05, 0.1) is 0 Å². The Bertz CT molecular complexity index is 2690. The van der Waals surface area contributed by atoms with Crippen molar-refractivity contribution >= 4 is 83.7 Å². The van der Waals surface area contributed by atoms with Crippen molar-refractivity contribution in [1.82, 2.24) is 26.6 Å². The van der Waals surface area contributed by atoms with Crippen LogP contribution in [0.5, 0.6) is 0 Å². The molecule has 18 nitrogen and oxygen atoms in total. The molecule has 2 aliphatic heterocycles. The molecule has 7 N–H and O–H groups in total. The van der Waals surface area contributed by atoms with Crippen molar-refractivity contribution in [3.05, 3.63) is 154 Å². The van der Waals surface area contributed by atoms with E-state index in [0.717, 1.165) is 19.3 Å². The number of carboxylic acids is 1. The van der Waals surface area contributed by atoms with Gasteiger partial charge in [0.1, 0.15) is 38.1 Å². The molecular formula is C51H53BN6O12S. The van der Waals surface area contributed by atoms with Gasteiger partial charge < -0.3 is 46.5 Å². The maximum absolute atomic E-state index is 14.7. The number of carboxylic acid groups (broad SMARTS) is 1.